The third-order valence-electron chi connectivity index (χ3n) is 8.13. The molecule has 158 valence electrons. The molecule has 4 saturated carbocycles. The molecule has 1 aliphatic heterocycles. The number of nitrogens with zero attached hydrogens (tertiary/aromatic N) is 1. The second-order valence-corrected chi connectivity index (χ2v) is 10.3. The third kappa shape index (κ3) is 4.11. The fourth-order valence-corrected chi connectivity index (χ4v) is 7.15. The van der Waals surface area contributed by atoms with E-state index in [1.165, 1.54) is 49.1 Å². The maximum Gasteiger partial charge on any atom is 0.275 e. The second-order valence-electron chi connectivity index (χ2n) is 10.3. The molecule has 4 bridgehead atoms. The van der Waals surface area contributed by atoms with Crippen molar-refractivity contribution in [3.63, 3.8) is 0 Å². The van der Waals surface area contributed by atoms with E-state index >= 15 is 0 Å². The second kappa shape index (κ2) is 7.82. The molecule has 1 aromatic carbocycles. The van der Waals surface area contributed by atoms with E-state index in [0.29, 0.717) is 12.0 Å². The largest absolute Gasteiger partial charge is 0.497 e. The lowest BCUT2D eigenvalue weighted by molar-refractivity contribution is -0.892. The summed E-state index contributed by atoms with van der Waals surface area (Å²) in [5, 5.41) is 3.36. The minimum absolute atomic E-state index is 0.255. The van der Waals surface area contributed by atoms with Gasteiger partial charge in [0, 0.05) is 18.3 Å². The molecule has 5 heteroatoms. The standard InChI is InChI=1S/C24H35N3O2/c1-29-22-4-2-3-21(12-22)27-7-5-26(6-8-27)16-23(28)25-17-24-13-18-9-19(14-24)11-20(10-18)15-24/h2-4,12,18-20H,5-11,13-17H2,1H3,(H,25,28)/p+1. The first-order chi connectivity index (χ1) is 14.1. The molecule has 1 heterocycles. The highest BCUT2D eigenvalue weighted by Gasteiger charge is 2.50. The number of methoxy groups -OCH3 is 1. The Morgan fingerprint density at radius 3 is 2.41 bits per heavy atom. The first-order valence-corrected chi connectivity index (χ1v) is 11.6. The molecule has 1 amide bonds. The van der Waals surface area contributed by atoms with Gasteiger partial charge < -0.3 is 19.9 Å². The summed E-state index contributed by atoms with van der Waals surface area (Å²) >= 11 is 0. The number of rotatable bonds is 6. The Balaban J connectivity index is 1.08. The van der Waals surface area contributed by atoms with Crippen LogP contribution < -0.4 is 19.9 Å². The number of hydrogen-bond acceptors (Lipinski definition) is 3. The summed E-state index contributed by atoms with van der Waals surface area (Å²) in [5.74, 6) is 4.02. The van der Waals surface area contributed by atoms with Crippen LogP contribution in [-0.4, -0.2) is 52.3 Å². The molecule has 5 nitrogen and oxygen atoms in total. The van der Waals surface area contributed by atoms with E-state index in [4.69, 9.17) is 4.74 Å². The predicted octanol–water partition coefficient (Wildman–Crippen LogP) is 1.73. The molecule has 5 aliphatic rings. The van der Waals surface area contributed by atoms with Crippen LogP contribution in [0.1, 0.15) is 38.5 Å². The van der Waals surface area contributed by atoms with E-state index in [1.54, 1.807) is 7.11 Å². The summed E-state index contributed by atoms with van der Waals surface area (Å²) < 4.78 is 5.35. The van der Waals surface area contributed by atoms with Gasteiger partial charge in [0.25, 0.3) is 5.91 Å². The summed E-state index contributed by atoms with van der Waals surface area (Å²) in [6.45, 7) is 5.57. The topological polar surface area (TPSA) is 46.0 Å². The molecule has 5 fully saturated rings. The lowest BCUT2D eigenvalue weighted by atomic mass is 9.49. The number of amides is 1. The Morgan fingerprint density at radius 2 is 1.79 bits per heavy atom. The van der Waals surface area contributed by atoms with Crippen molar-refractivity contribution in [1.82, 2.24) is 5.32 Å². The van der Waals surface area contributed by atoms with Crippen molar-refractivity contribution >= 4 is 11.6 Å². The number of piperazine rings is 1. The fourth-order valence-electron chi connectivity index (χ4n) is 7.15. The summed E-state index contributed by atoms with van der Waals surface area (Å²) in [7, 11) is 1.71. The van der Waals surface area contributed by atoms with Gasteiger partial charge in [0.2, 0.25) is 0 Å². The molecular weight excluding hydrogens is 362 g/mol. The van der Waals surface area contributed by atoms with E-state index in [2.05, 4.69) is 22.3 Å². The predicted molar refractivity (Wildman–Crippen MR) is 114 cm³/mol. The SMILES string of the molecule is COc1cccc(N2CC[NH+](CC(=O)NCC34CC5CC(CC(C5)C3)C4)CC2)c1. The Labute approximate surface area is 174 Å². The lowest BCUT2D eigenvalue weighted by Gasteiger charge is -2.56. The molecule has 6 rings (SSSR count). The Bertz CT molecular complexity index is 706. The number of benzene rings is 1. The number of hydrogen-bond donors (Lipinski definition) is 2. The number of ether oxygens (including phenoxy) is 1. The Morgan fingerprint density at radius 1 is 1.14 bits per heavy atom. The quantitative estimate of drug-likeness (QED) is 0.767. The number of quaternary nitrogens is 1. The minimum atomic E-state index is 0.255. The van der Waals surface area contributed by atoms with Gasteiger partial charge in [-0.3, -0.25) is 4.79 Å². The van der Waals surface area contributed by atoms with Crippen LogP contribution in [-0.2, 0) is 4.79 Å². The monoisotopic (exact) mass is 398 g/mol. The Kier molecular flexibility index (Phi) is 5.19. The number of nitrogens with one attached hydrogen (secondary N) is 2. The smallest absolute Gasteiger partial charge is 0.275 e. The average Bonchev–Trinajstić information content (AvgIpc) is 2.72. The van der Waals surface area contributed by atoms with Crippen molar-refractivity contribution in [3.8, 4) is 5.75 Å². The molecule has 0 atom stereocenters. The van der Waals surface area contributed by atoms with Crippen LogP contribution >= 0.6 is 0 Å². The summed E-state index contributed by atoms with van der Waals surface area (Å²) in [4.78, 5) is 16.5. The zero-order valence-electron chi connectivity index (χ0n) is 17.8. The summed E-state index contributed by atoms with van der Waals surface area (Å²) in [6, 6.07) is 8.28. The maximum absolute atomic E-state index is 12.7. The number of anilines is 1. The van der Waals surface area contributed by atoms with Crippen LogP contribution in [0.15, 0.2) is 24.3 Å². The molecule has 0 radical (unpaired) electrons. The molecule has 29 heavy (non-hydrogen) atoms. The van der Waals surface area contributed by atoms with Crippen molar-refractivity contribution < 1.29 is 14.4 Å². The first kappa shape index (κ1) is 19.2. The van der Waals surface area contributed by atoms with Crippen molar-refractivity contribution in [1.29, 1.82) is 0 Å². The highest BCUT2D eigenvalue weighted by molar-refractivity contribution is 5.76. The van der Waals surface area contributed by atoms with Gasteiger partial charge in [-0.25, -0.2) is 0 Å². The lowest BCUT2D eigenvalue weighted by Crippen LogP contribution is -3.16. The molecule has 2 N–H and O–H groups in total. The Hall–Kier alpha value is -1.75. The fraction of sp³-hybridized carbons (Fsp3) is 0.708. The van der Waals surface area contributed by atoms with Crippen LogP contribution in [0.25, 0.3) is 0 Å². The van der Waals surface area contributed by atoms with Crippen LogP contribution in [0.5, 0.6) is 5.75 Å². The van der Waals surface area contributed by atoms with Gasteiger partial charge in [0.05, 0.1) is 33.3 Å². The van der Waals surface area contributed by atoms with E-state index in [9.17, 15) is 4.79 Å². The summed E-state index contributed by atoms with van der Waals surface area (Å²) in [6.07, 6.45) is 8.50. The van der Waals surface area contributed by atoms with Gasteiger partial charge >= 0.3 is 0 Å². The van der Waals surface area contributed by atoms with E-state index in [1.807, 2.05) is 12.1 Å². The van der Waals surface area contributed by atoms with Crippen LogP contribution in [0, 0.1) is 23.2 Å². The molecular formula is C24H36N3O2+. The molecule has 1 aromatic rings. The van der Waals surface area contributed by atoms with Gasteiger partial charge in [-0.1, -0.05) is 6.07 Å². The van der Waals surface area contributed by atoms with E-state index in [0.717, 1.165) is 56.2 Å². The van der Waals surface area contributed by atoms with Crippen molar-refractivity contribution in [2.45, 2.75) is 38.5 Å². The molecule has 1 saturated heterocycles. The molecule has 4 aliphatic carbocycles. The van der Waals surface area contributed by atoms with Gasteiger partial charge in [0.1, 0.15) is 5.75 Å². The zero-order valence-corrected chi connectivity index (χ0v) is 17.8. The highest BCUT2D eigenvalue weighted by Crippen LogP contribution is 2.59. The van der Waals surface area contributed by atoms with Crippen molar-refractivity contribution in [2.24, 2.45) is 23.2 Å². The normalized spacial score (nSPS) is 33.7. The molecule has 0 aromatic heterocycles. The maximum atomic E-state index is 12.7. The van der Waals surface area contributed by atoms with Crippen LogP contribution in [0.4, 0.5) is 5.69 Å². The van der Waals surface area contributed by atoms with Gasteiger partial charge in [-0.05, 0) is 73.8 Å². The van der Waals surface area contributed by atoms with E-state index < -0.39 is 0 Å². The van der Waals surface area contributed by atoms with Gasteiger partial charge in [-0.15, -0.1) is 0 Å². The van der Waals surface area contributed by atoms with Crippen molar-refractivity contribution in [3.05, 3.63) is 24.3 Å². The number of carbonyl (C=O) groups excluding carboxylic acids is 1. The average molecular weight is 399 g/mol. The van der Waals surface area contributed by atoms with E-state index in [-0.39, 0.29) is 5.91 Å². The molecule has 0 unspecified atom stereocenters. The van der Waals surface area contributed by atoms with Gasteiger partial charge in [0.15, 0.2) is 6.54 Å². The van der Waals surface area contributed by atoms with Crippen molar-refractivity contribution in [2.75, 3.05) is 51.3 Å². The molecule has 0 spiro atoms. The first-order valence-electron chi connectivity index (χ1n) is 11.6. The number of carbonyl (C=O) groups is 1. The third-order valence-corrected chi connectivity index (χ3v) is 8.13. The van der Waals surface area contributed by atoms with Gasteiger partial charge in [-0.2, -0.15) is 0 Å². The van der Waals surface area contributed by atoms with Crippen LogP contribution in [0.2, 0.25) is 0 Å². The van der Waals surface area contributed by atoms with Crippen LogP contribution in [0.3, 0.4) is 0 Å². The minimum Gasteiger partial charge on any atom is -0.497 e. The zero-order chi connectivity index (χ0) is 19.8. The summed E-state index contributed by atoms with van der Waals surface area (Å²) in [5.41, 5.74) is 1.65. The highest BCUT2D eigenvalue weighted by atomic mass is 16.5.